The van der Waals surface area contributed by atoms with Gasteiger partial charge in [-0.2, -0.15) is 0 Å². The first-order chi connectivity index (χ1) is 6.49. The summed E-state index contributed by atoms with van der Waals surface area (Å²) in [4.78, 5) is 2.38. The predicted octanol–water partition coefficient (Wildman–Crippen LogP) is 2.09. The van der Waals surface area contributed by atoms with Crippen LogP contribution in [0.25, 0.3) is 0 Å². The first kappa shape index (κ1) is 12.0. The van der Waals surface area contributed by atoms with E-state index in [4.69, 9.17) is 5.73 Å². The van der Waals surface area contributed by atoms with Crippen molar-refractivity contribution in [1.29, 1.82) is 0 Å². The molecule has 0 radical (unpaired) electrons. The van der Waals surface area contributed by atoms with Gasteiger partial charge in [0.1, 0.15) is 0 Å². The van der Waals surface area contributed by atoms with Crippen LogP contribution in [-0.2, 0) is 0 Å². The average molecular weight is 198 g/mol. The topological polar surface area (TPSA) is 29.3 Å². The molecular formula is C12H26N2. The Hall–Kier alpha value is -0.0800. The lowest BCUT2D eigenvalue weighted by atomic mass is 9.76. The van der Waals surface area contributed by atoms with Gasteiger partial charge in [0.25, 0.3) is 0 Å². The lowest BCUT2D eigenvalue weighted by Gasteiger charge is -2.42. The highest BCUT2D eigenvalue weighted by Crippen LogP contribution is 2.37. The highest BCUT2D eigenvalue weighted by Gasteiger charge is 2.37. The molecule has 2 nitrogen and oxygen atoms in total. The molecule has 0 aromatic heterocycles. The molecule has 1 atom stereocenters. The summed E-state index contributed by atoms with van der Waals surface area (Å²) >= 11 is 0. The number of rotatable bonds is 4. The van der Waals surface area contributed by atoms with Crippen LogP contribution >= 0.6 is 0 Å². The molecule has 0 spiro atoms. The second-order valence-corrected chi connectivity index (χ2v) is 5.65. The Kier molecular flexibility index (Phi) is 3.96. The molecule has 1 rings (SSSR count). The van der Waals surface area contributed by atoms with Gasteiger partial charge in [0.05, 0.1) is 0 Å². The summed E-state index contributed by atoms with van der Waals surface area (Å²) in [6, 6.07) is 0.648. The molecule has 0 aromatic rings. The van der Waals surface area contributed by atoms with E-state index in [1.165, 1.54) is 25.7 Å². The number of hydrogen-bond acceptors (Lipinski definition) is 2. The molecule has 84 valence electrons. The molecular weight excluding hydrogens is 172 g/mol. The highest BCUT2D eigenvalue weighted by atomic mass is 15.1. The van der Waals surface area contributed by atoms with Gasteiger partial charge in [-0.1, -0.05) is 26.7 Å². The van der Waals surface area contributed by atoms with Crippen LogP contribution in [0.3, 0.4) is 0 Å². The Labute approximate surface area is 88.8 Å². The minimum Gasteiger partial charge on any atom is -0.330 e. The first-order valence-electron chi connectivity index (χ1n) is 5.85. The van der Waals surface area contributed by atoms with Crippen molar-refractivity contribution in [2.75, 3.05) is 20.6 Å². The van der Waals surface area contributed by atoms with E-state index in [-0.39, 0.29) is 5.41 Å². The molecule has 0 amide bonds. The summed E-state index contributed by atoms with van der Waals surface area (Å²) < 4.78 is 0. The fourth-order valence-electron chi connectivity index (χ4n) is 3.15. The third-order valence-corrected chi connectivity index (χ3v) is 3.73. The minimum atomic E-state index is 0.249. The molecule has 1 fully saturated rings. The highest BCUT2D eigenvalue weighted by molar-refractivity contribution is 4.91. The summed E-state index contributed by atoms with van der Waals surface area (Å²) in [5, 5.41) is 0. The van der Waals surface area contributed by atoms with Crippen molar-refractivity contribution in [3.05, 3.63) is 0 Å². The standard InChI is InChI=1S/C12H26N2/c1-12(2,9-13)11(14(3)4)10-7-5-6-8-10/h10-11H,5-9,13H2,1-4H3. The van der Waals surface area contributed by atoms with Crippen LogP contribution in [0.2, 0.25) is 0 Å². The largest absolute Gasteiger partial charge is 0.330 e. The molecule has 14 heavy (non-hydrogen) atoms. The Morgan fingerprint density at radius 3 is 2.14 bits per heavy atom. The van der Waals surface area contributed by atoms with Gasteiger partial charge in [-0.15, -0.1) is 0 Å². The average Bonchev–Trinajstić information content (AvgIpc) is 2.56. The number of hydrogen-bond donors (Lipinski definition) is 1. The Morgan fingerprint density at radius 2 is 1.79 bits per heavy atom. The maximum Gasteiger partial charge on any atom is 0.0181 e. The number of nitrogens with zero attached hydrogens (tertiary/aromatic N) is 1. The van der Waals surface area contributed by atoms with E-state index >= 15 is 0 Å². The van der Waals surface area contributed by atoms with Gasteiger partial charge in [-0.25, -0.2) is 0 Å². The zero-order valence-electron chi connectivity index (χ0n) is 10.2. The van der Waals surface area contributed by atoms with Gasteiger partial charge in [0.2, 0.25) is 0 Å². The van der Waals surface area contributed by atoms with Crippen molar-refractivity contribution in [2.45, 2.75) is 45.6 Å². The summed E-state index contributed by atoms with van der Waals surface area (Å²) in [5.74, 6) is 0.864. The van der Waals surface area contributed by atoms with Crippen molar-refractivity contribution in [3.63, 3.8) is 0 Å². The van der Waals surface area contributed by atoms with E-state index in [0.717, 1.165) is 12.5 Å². The van der Waals surface area contributed by atoms with Gasteiger partial charge in [-0.3, -0.25) is 0 Å². The van der Waals surface area contributed by atoms with Crippen LogP contribution in [0.1, 0.15) is 39.5 Å². The maximum absolute atomic E-state index is 5.89. The van der Waals surface area contributed by atoms with Gasteiger partial charge in [0, 0.05) is 6.04 Å². The normalized spacial score (nSPS) is 21.9. The van der Waals surface area contributed by atoms with Crippen molar-refractivity contribution < 1.29 is 0 Å². The minimum absolute atomic E-state index is 0.249. The molecule has 1 aliphatic carbocycles. The van der Waals surface area contributed by atoms with Crippen molar-refractivity contribution >= 4 is 0 Å². The third kappa shape index (κ3) is 2.48. The smallest absolute Gasteiger partial charge is 0.0181 e. The van der Waals surface area contributed by atoms with Crippen LogP contribution in [0, 0.1) is 11.3 Å². The van der Waals surface area contributed by atoms with E-state index in [2.05, 4.69) is 32.8 Å². The zero-order chi connectivity index (χ0) is 10.8. The molecule has 0 aliphatic heterocycles. The van der Waals surface area contributed by atoms with E-state index < -0.39 is 0 Å². The van der Waals surface area contributed by atoms with Crippen LogP contribution in [0.15, 0.2) is 0 Å². The van der Waals surface area contributed by atoms with Crippen molar-refractivity contribution in [1.82, 2.24) is 4.90 Å². The van der Waals surface area contributed by atoms with Crippen LogP contribution in [0.5, 0.6) is 0 Å². The summed E-state index contributed by atoms with van der Waals surface area (Å²) in [7, 11) is 4.39. The van der Waals surface area contributed by atoms with E-state index in [1.807, 2.05) is 0 Å². The quantitative estimate of drug-likeness (QED) is 0.749. The number of nitrogens with two attached hydrogens (primary N) is 1. The molecule has 1 saturated carbocycles. The van der Waals surface area contributed by atoms with Crippen LogP contribution < -0.4 is 5.73 Å². The van der Waals surface area contributed by atoms with Gasteiger partial charge in [0.15, 0.2) is 0 Å². The molecule has 0 bridgehead atoms. The summed E-state index contributed by atoms with van der Waals surface area (Å²) in [5.41, 5.74) is 6.13. The molecule has 0 heterocycles. The van der Waals surface area contributed by atoms with E-state index in [9.17, 15) is 0 Å². The fraction of sp³-hybridized carbons (Fsp3) is 1.00. The van der Waals surface area contributed by atoms with Crippen molar-refractivity contribution in [3.8, 4) is 0 Å². The van der Waals surface area contributed by atoms with Gasteiger partial charge >= 0.3 is 0 Å². The fourth-order valence-corrected chi connectivity index (χ4v) is 3.15. The third-order valence-electron chi connectivity index (χ3n) is 3.73. The van der Waals surface area contributed by atoms with E-state index in [0.29, 0.717) is 6.04 Å². The molecule has 0 aromatic carbocycles. The molecule has 1 aliphatic rings. The Balaban J connectivity index is 2.72. The van der Waals surface area contributed by atoms with Gasteiger partial charge in [-0.05, 0) is 44.8 Å². The SMILES string of the molecule is CN(C)C(C1CCCC1)C(C)(C)CN. The summed E-state index contributed by atoms with van der Waals surface area (Å²) in [6.45, 7) is 5.39. The lowest BCUT2D eigenvalue weighted by Crippen LogP contribution is -2.49. The second-order valence-electron chi connectivity index (χ2n) is 5.65. The Bertz CT molecular complexity index is 169. The van der Waals surface area contributed by atoms with Crippen LogP contribution in [-0.4, -0.2) is 31.6 Å². The maximum atomic E-state index is 5.89. The first-order valence-corrected chi connectivity index (χ1v) is 5.85. The second kappa shape index (κ2) is 4.63. The van der Waals surface area contributed by atoms with E-state index in [1.54, 1.807) is 0 Å². The molecule has 2 N–H and O–H groups in total. The molecule has 1 unspecified atom stereocenters. The molecule has 2 heteroatoms. The zero-order valence-corrected chi connectivity index (χ0v) is 10.2. The molecule has 0 saturated heterocycles. The monoisotopic (exact) mass is 198 g/mol. The van der Waals surface area contributed by atoms with Gasteiger partial charge < -0.3 is 10.6 Å². The summed E-state index contributed by atoms with van der Waals surface area (Å²) in [6.07, 6.45) is 5.61. The predicted molar refractivity (Wildman–Crippen MR) is 62.3 cm³/mol. The van der Waals surface area contributed by atoms with Crippen molar-refractivity contribution in [2.24, 2.45) is 17.1 Å². The van der Waals surface area contributed by atoms with Crippen LogP contribution in [0.4, 0.5) is 0 Å². The lowest BCUT2D eigenvalue weighted by molar-refractivity contribution is 0.0872. The Morgan fingerprint density at radius 1 is 1.29 bits per heavy atom.